The van der Waals surface area contributed by atoms with Crippen LogP contribution in [0.1, 0.15) is 35.1 Å². The molecule has 0 spiro atoms. The van der Waals surface area contributed by atoms with E-state index in [1.165, 1.54) is 12.1 Å². The summed E-state index contributed by atoms with van der Waals surface area (Å²) in [5.74, 6) is 1.69. The molecule has 3 heterocycles. The average Bonchev–Trinajstić information content (AvgIpc) is 3.55. The number of hydrogen-bond acceptors (Lipinski definition) is 7. The Morgan fingerprint density at radius 3 is 2.71 bits per heavy atom. The van der Waals surface area contributed by atoms with Crippen LogP contribution >= 0.6 is 0 Å². The number of rotatable bonds is 6. The highest BCUT2D eigenvalue weighted by Crippen LogP contribution is 2.41. The van der Waals surface area contributed by atoms with Crippen LogP contribution in [0.25, 0.3) is 22.3 Å². The van der Waals surface area contributed by atoms with Gasteiger partial charge in [0.25, 0.3) is 5.91 Å². The number of carbonyl (C=O) groups is 1. The summed E-state index contributed by atoms with van der Waals surface area (Å²) >= 11 is 0. The molecule has 4 aromatic rings. The van der Waals surface area contributed by atoms with Crippen LogP contribution in [-0.4, -0.2) is 60.4 Å². The molecule has 1 fully saturated rings. The highest BCUT2D eigenvalue weighted by molar-refractivity contribution is 6.02. The quantitative estimate of drug-likeness (QED) is 0.436. The van der Waals surface area contributed by atoms with E-state index in [4.69, 9.17) is 18.7 Å². The average molecular weight is 480 g/mol. The lowest BCUT2D eigenvalue weighted by Crippen LogP contribution is -2.39. The molecule has 0 radical (unpaired) electrons. The molecular formula is C25H25FN4O5. The molecule has 1 N–H and O–H groups in total. The molecule has 9 nitrogen and oxygen atoms in total. The zero-order chi connectivity index (χ0) is 24.5. The number of nitrogens with one attached hydrogen (secondary N) is 1. The van der Waals surface area contributed by atoms with Crippen LogP contribution in [0.2, 0.25) is 0 Å². The van der Waals surface area contributed by atoms with E-state index in [-0.39, 0.29) is 17.6 Å². The first-order valence-corrected chi connectivity index (χ1v) is 11.2. The van der Waals surface area contributed by atoms with E-state index in [9.17, 15) is 9.18 Å². The summed E-state index contributed by atoms with van der Waals surface area (Å²) in [7, 11) is 4.65. The summed E-state index contributed by atoms with van der Waals surface area (Å²) in [6.07, 6.45) is 1.59. The predicted molar refractivity (Wildman–Crippen MR) is 126 cm³/mol. The lowest BCUT2D eigenvalue weighted by Gasteiger charge is -2.30. The summed E-state index contributed by atoms with van der Waals surface area (Å²) in [5.41, 5.74) is 1.58. The van der Waals surface area contributed by atoms with Crippen molar-refractivity contribution in [2.75, 3.05) is 34.4 Å². The van der Waals surface area contributed by atoms with Crippen molar-refractivity contribution in [3.8, 4) is 28.6 Å². The van der Waals surface area contributed by atoms with Crippen molar-refractivity contribution in [3.05, 3.63) is 53.8 Å². The van der Waals surface area contributed by atoms with Crippen molar-refractivity contribution < 1.29 is 27.9 Å². The topological polar surface area (TPSA) is 103 Å². The fourth-order valence-corrected chi connectivity index (χ4v) is 4.53. The van der Waals surface area contributed by atoms with E-state index >= 15 is 0 Å². The number of likely N-dealkylation sites (tertiary alicyclic amines) is 1. The van der Waals surface area contributed by atoms with Crippen LogP contribution in [0.5, 0.6) is 17.2 Å². The molecule has 182 valence electrons. The number of aromatic nitrogens is 3. The highest BCUT2D eigenvalue weighted by Gasteiger charge is 2.30. The van der Waals surface area contributed by atoms with Gasteiger partial charge in [-0.25, -0.2) is 4.39 Å². The summed E-state index contributed by atoms with van der Waals surface area (Å²) in [4.78, 5) is 22.9. The van der Waals surface area contributed by atoms with Crippen molar-refractivity contribution in [1.82, 2.24) is 20.0 Å². The minimum Gasteiger partial charge on any atom is -0.496 e. The maximum atomic E-state index is 13.6. The summed E-state index contributed by atoms with van der Waals surface area (Å²) in [5, 5.41) is 4.73. The molecule has 0 bridgehead atoms. The highest BCUT2D eigenvalue weighted by atomic mass is 19.1. The molecule has 5 rings (SSSR count). The number of amides is 1. The Hall–Kier alpha value is -4.08. The Bertz CT molecular complexity index is 1380. The van der Waals surface area contributed by atoms with Gasteiger partial charge in [0.15, 0.2) is 11.5 Å². The van der Waals surface area contributed by atoms with E-state index < -0.39 is 0 Å². The number of nitrogens with zero attached hydrogens (tertiary/aromatic N) is 3. The number of halogens is 1. The predicted octanol–water partition coefficient (Wildman–Crippen LogP) is 4.40. The van der Waals surface area contributed by atoms with Gasteiger partial charge in [0.05, 0.1) is 32.8 Å². The Morgan fingerprint density at radius 1 is 1.14 bits per heavy atom. The normalized spacial score (nSPS) is 15.9. The maximum absolute atomic E-state index is 13.6. The first-order valence-electron chi connectivity index (χ1n) is 11.2. The molecule has 0 saturated carbocycles. The van der Waals surface area contributed by atoms with Crippen molar-refractivity contribution in [1.29, 1.82) is 0 Å². The number of benzene rings is 2. The number of aromatic amines is 1. The van der Waals surface area contributed by atoms with Crippen LogP contribution in [0.4, 0.5) is 4.39 Å². The second-order valence-electron chi connectivity index (χ2n) is 8.34. The second-order valence-corrected chi connectivity index (χ2v) is 8.34. The Kier molecular flexibility index (Phi) is 6.02. The molecule has 10 heteroatoms. The van der Waals surface area contributed by atoms with Crippen LogP contribution in [0, 0.1) is 5.82 Å². The Morgan fingerprint density at radius 2 is 1.97 bits per heavy atom. The van der Waals surface area contributed by atoms with Crippen molar-refractivity contribution in [2.24, 2.45) is 0 Å². The van der Waals surface area contributed by atoms with E-state index in [1.807, 2.05) is 0 Å². The van der Waals surface area contributed by atoms with Gasteiger partial charge in [0.1, 0.15) is 17.3 Å². The fraction of sp³-hybridized carbons (Fsp3) is 0.320. The van der Waals surface area contributed by atoms with E-state index in [1.54, 1.807) is 50.5 Å². The first-order chi connectivity index (χ1) is 17.0. The standard InChI is InChI=1S/C25H25FN4O5/c1-32-19-12-20(33-2)22(34-3)21-17(19)11-18(27-21)25(31)30-9-5-7-15(13-30)24-28-23(29-35-24)14-6-4-8-16(26)10-14/h4,6,8,10-12,15,27H,5,7,9,13H2,1-3H3. The molecule has 1 atom stereocenters. The molecule has 35 heavy (non-hydrogen) atoms. The lowest BCUT2D eigenvalue weighted by molar-refractivity contribution is 0.0690. The zero-order valence-electron chi connectivity index (χ0n) is 19.6. The van der Waals surface area contributed by atoms with Gasteiger partial charge < -0.3 is 28.6 Å². The molecule has 1 aliphatic heterocycles. The number of fused-ring (bicyclic) bond motifs is 1. The molecule has 1 amide bonds. The third kappa shape index (κ3) is 4.16. The smallest absolute Gasteiger partial charge is 0.270 e. The van der Waals surface area contributed by atoms with Crippen LogP contribution in [-0.2, 0) is 0 Å². The monoisotopic (exact) mass is 480 g/mol. The van der Waals surface area contributed by atoms with E-state index in [0.29, 0.717) is 58.8 Å². The van der Waals surface area contributed by atoms with Gasteiger partial charge in [-0.3, -0.25) is 4.79 Å². The van der Waals surface area contributed by atoms with E-state index in [0.717, 1.165) is 18.2 Å². The summed E-state index contributed by atoms with van der Waals surface area (Å²) < 4.78 is 35.5. The Labute approximate surface area is 200 Å². The molecule has 1 aliphatic rings. The van der Waals surface area contributed by atoms with Crippen LogP contribution in [0.3, 0.4) is 0 Å². The minimum atomic E-state index is -0.368. The number of carbonyl (C=O) groups excluding carboxylic acids is 1. The fourth-order valence-electron chi connectivity index (χ4n) is 4.53. The number of hydrogen-bond donors (Lipinski definition) is 1. The van der Waals surface area contributed by atoms with E-state index in [2.05, 4.69) is 15.1 Å². The van der Waals surface area contributed by atoms with Crippen molar-refractivity contribution in [2.45, 2.75) is 18.8 Å². The SMILES string of the molecule is COc1cc(OC)c2cc(C(=O)N3CCCC(c4nc(-c5cccc(F)c5)no4)C3)[nH]c2c1OC. The van der Waals surface area contributed by atoms with Gasteiger partial charge in [-0.1, -0.05) is 17.3 Å². The maximum Gasteiger partial charge on any atom is 0.270 e. The van der Waals surface area contributed by atoms with Gasteiger partial charge in [0.2, 0.25) is 11.7 Å². The second kappa shape index (κ2) is 9.28. The third-order valence-corrected chi connectivity index (χ3v) is 6.25. The molecule has 0 aliphatic carbocycles. The molecule has 1 saturated heterocycles. The van der Waals surface area contributed by atoms with Gasteiger partial charge in [-0.05, 0) is 31.0 Å². The summed E-state index contributed by atoms with van der Waals surface area (Å²) in [6, 6.07) is 9.53. The minimum absolute atomic E-state index is 0.115. The molecule has 2 aromatic carbocycles. The molecule has 1 unspecified atom stereocenters. The van der Waals surface area contributed by atoms with Gasteiger partial charge in [-0.15, -0.1) is 0 Å². The number of H-pyrrole nitrogens is 1. The molecular weight excluding hydrogens is 455 g/mol. The van der Waals surface area contributed by atoms with Gasteiger partial charge >= 0.3 is 0 Å². The van der Waals surface area contributed by atoms with Crippen molar-refractivity contribution >= 4 is 16.8 Å². The van der Waals surface area contributed by atoms with Crippen LogP contribution in [0.15, 0.2) is 40.9 Å². The third-order valence-electron chi connectivity index (χ3n) is 6.25. The number of ether oxygens (including phenoxy) is 3. The van der Waals surface area contributed by atoms with Crippen LogP contribution < -0.4 is 14.2 Å². The van der Waals surface area contributed by atoms with Gasteiger partial charge in [-0.2, -0.15) is 4.98 Å². The summed E-state index contributed by atoms with van der Waals surface area (Å²) in [6.45, 7) is 1.03. The van der Waals surface area contributed by atoms with Gasteiger partial charge in [0, 0.05) is 30.1 Å². The zero-order valence-corrected chi connectivity index (χ0v) is 19.6. The molecule has 2 aromatic heterocycles. The Balaban J connectivity index is 1.40. The number of piperidine rings is 1. The van der Waals surface area contributed by atoms with Crippen molar-refractivity contribution in [3.63, 3.8) is 0 Å². The first kappa shape index (κ1) is 22.7. The number of methoxy groups -OCH3 is 3. The largest absolute Gasteiger partial charge is 0.496 e. The lowest BCUT2D eigenvalue weighted by atomic mass is 9.97.